The van der Waals surface area contributed by atoms with Crippen molar-refractivity contribution in [1.82, 2.24) is 14.7 Å². The molecule has 6 heteroatoms. The summed E-state index contributed by atoms with van der Waals surface area (Å²) in [5.74, 6) is -1.16. The van der Waals surface area contributed by atoms with E-state index in [9.17, 15) is 9.59 Å². The van der Waals surface area contributed by atoms with Crippen LogP contribution in [0.2, 0.25) is 0 Å². The van der Waals surface area contributed by atoms with Crippen LogP contribution in [0, 0.1) is 0 Å². The number of hydrogen-bond donors (Lipinski definition) is 1. The van der Waals surface area contributed by atoms with Gasteiger partial charge in [-0.25, -0.2) is 0 Å². The van der Waals surface area contributed by atoms with Gasteiger partial charge in [-0.05, 0) is 25.8 Å². The Kier molecular flexibility index (Phi) is 3.12. The summed E-state index contributed by atoms with van der Waals surface area (Å²) in [6, 6.07) is 1.38. The second-order valence-corrected chi connectivity index (χ2v) is 4.25. The van der Waals surface area contributed by atoms with Gasteiger partial charge in [0, 0.05) is 18.4 Å². The van der Waals surface area contributed by atoms with E-state index in [0.29, 0.717) is 0 Å². The third kappa shape index (κ3) is 2.64. The second-order valence-electron chi connectivity index (χ2n) is 4.25. The summed E-state index contributed by atoms with van der Waals surface area (Å²) in [7, 11) is 0. The minimum atomic E-state index is -0.974. The van der Waals surface area contributed by atoms with Gasteiger partial charge in [0.15, 0.2) is 0 Å². The predicted molar refractivity (Wildman–Crippen MR) is 59.3 cm³/mol. The molecule has 17 heavy (non-hydrogen) atoms. The number of carbonyl (C=O) groups is 2. The molecule has 1 unspecified atom stereocenters. The molecule has 1 saturated carbocycles. The Balaban J connectivity index is 2.08. The van der Waals surface area contributed by atoms with Gasteiger partial charge in [0.25, 0.3) is 0 Å². The molecule has 1 atom stereocenters. The lowest BCUT2D eigenvalue weighted by Crippen LogP contribution is -2.41. The molecule has 0 bridgehead atoms. The number of hydrogen-bond acceptors (Lipinski definition) is 3. The van der Waals surface area contributed by atoms with E-state index in [1.807, 2.05) is 0 Å². The van der Waals surface area contributed by atoms with Crippen molar-refractivity contribution >= 4 is 11.9 Å². The fourth-order valence-corrected chi connectivity index (χ4v) is 1.78. The van der Waals surface area contributed by atoms with Gasteiger partial charge < -0.3 is 10.0 Å². The Labute approximate surface area is 98.8 Å². The van der Waals surface area contributed by atoms with Crippen LogP contribution in [0.1, 0.15) is 25.8 Å². The van der Waals surface area contributed by atoms with E-state index in [4.69, 9.17) is 5.11 Å². The fraction of sp³-hybridized carbons (Fsp3) is 0.545. The van der Waals surface area contributed by atoms with Crippen molar-refractivity contribution in [3.63, 3.8) is 0 Å². The van der Waals surface area contributed by atoms with Crippen molar-refractivity contribution in [2.45, 2.75) is 31.8 Å². The van der Waals surface area contributed by atoms with Crippen molar-refractivity contribution in [3.05, 3.63) is 18.5 Å². The van der Waals surface area contributed by atoms with Gasteiger partial charge in [-0.15, -0.1) is 0 Å². The highest BCUT2D eigenvalue weighted by Gasteiger charge is 2.36. The number of rotatable bonds is 5. The van der Waals surface area contributed by atoms with Crippen molar-refractivity contribution in [1.29, 1.82) is 0 Å². The molecule has 1 heterocycles. The highest BCUT2D eigenvalue weighted by molar-refractivity contribution is 5.84. The molecule has 0 spiro atoms. The number of nitrogens with zero attached hydrogens (tertiary/aromatic N) is 3. The van der Waals surface area contributed by atoms with Crippen LogP contribution in [0.15, 0.2) is 18.5 Å². The Morgan fingerprint density at radius 1 is 1.59 bits per heavy atom. The first-order chi connectivity index (χ1) is 8.09. The summed E-state index contributed by atoms with van der Waals surface area (Å²) in [6.45, 7) is 1.50. The van der Waals surface area contributed by atoms with E-state index in [2.05, 4.69) is 5.10 Å². The molecule has 1 aliphatic rings. The van der Waals surface area contributed by atoms with Crippen LogP contribution in [0.25, 0.3) is 0 Å². The molecule has 0 aliphatic heterocycles. The highest BCUT2D eigenvalue weighted by atomic mass is 16.4. The van der Waals surface area contributed by atoms with Crippen LogP contribution >= 0.6 is 0 Å². The van der Waals surface area contributed by atoms with Crippen LogP contribution in [0.5, 0.6) is 0 Å². The lowest BCUT2D eigenvalue weighted by Gasteiger charge is -2.24. The Morgan fingerprint density at radius 3 is 2.76 bits per heavy atom. The summed E-state index contributed by atoms with van der Waals surface area (Å²) in [6.07, 6.45) is 5.09. The molecule has 2 rings (SSSR count). The van der Waals surface area contributed by atoms with Crippen molar-refractivity contribution in [3.8, 4) is 0 Å². The van der Waals surface area contributed by atoms with Crippen molar-refractivity contribution in [2.75, 3.05) is 6.54 Å². The van der Waals surface area contributed by atoms with E-state index < -0.39 is 12.0 Å². The number of carboxylic acids is 1. The van der Waals surface area contributed by atoms with E-state index in [0.717, 1.165) is 12.8 Å². The van der Waals surface area contributed by atoms with Gasteiger partial charge >= 0.3 is 5.97 Å². The number of amides is 1. The van der Waals surface area contributed by atoms with Crippen molar-refractivity contribution in [2.24, 2.45) is 0 Å². The summed E-state index contributed by atoms with van der Waals surface area (Å²) in [5.41, 5.74) is 0. The highest BCUT2D eigenvalue weighted by Crippen LogP contribution is 2.28. The molecule has 1 aliphatic carbocycles. The topological polar surface area (TPSA) is 75.4 Å². The lowest BCUT2D eigenvalue weighted by molar-refractivity contribution is -0.146. The van der Waals surface area contributed by atoms with E-state index >= 15 is 0 Å². The van der Waals surface area contributed by atoms with Crippen LogP contribution in [-0.4, -0.2) is 44.3 Å². The maximum atomic E-state index is 12.2. The molecule has 0 radical (unpaired) electrons. The molecular weight excluding hydrogens is 222 g/mol. The zero-order chi connectivity index (χ0) is 12.4. The van der Waals surface area contributed by atoms with Gasteiger partial charge in [-0.3, -0.25) is 14.3 Å². The molecule has 1 aromatic rings. The van der Waals surface area contributed by atoms with Gasteiger partial charge in [0.05, 0.1) is 0 Å². The first kappa shape index (κ1) is 11.6. The molecule has 1 fully saturated rings. The predicted octanol–water partition coefficient (Wildman–Crippen LogP) is 0.520. The number of carboxylic acid groups (broad SMARTS) is 1. The molecule has 1 amide bonds. The minimum Gasteiger partial charge on any atom is -0.480 e. The van der Waals surface area contributed by atoms with Crippen LogP contribution in [0.3, 0.4) is 0 Å². The number of aliphatic carboxylic acids is 1. The van der Waals surface area contributed by atoms with Crippen LogP contribution in [0.4, 0.5) is 0 Å². The average molecular weight is 237 g/mol. The third-order valence-corrected chi connectivity index (χ3v) is 2.86. The third-order valence-electron chi connectivity index (χ3n) is 2.86. The van der Waals surface area contributed by atoms with Gasteiger partial charge in [0.1, 0.15) is 12.6 Å². The molecule has 0 aromatic carbocycles. The van der Waals surface area contributed by atoms with E-state index in [-0.39, 0.29) is 18.5 Å². The monoisotopic (exact) mass is 237 g/mol. The van der Waals surface area contributed by atoms with Crippen LogP contribution < -0.4 is 0 Å². The summed E-state index contributed by atoms with van der Waals surface area (Å²) in [4.78, 5) is 24.3. The smallest absolute Gasteiger partial charge is 0.323 e. The quantitative estimate of drug-likeness (QED) is 0.810. The minimum absolute atomic E-state index is 0.0941. The number of aromatic nitrogens is 2. The average Bonchev–Trinajstić information content (AvgIpc) is 2.98. The molecule has 0 saturated heterocycles. The van der Waals surface area contributed by atoms with Gasteiger partial charge in [-0.1, -0.05) is 0 Å². The zero-order valence-electron chi connectivity index (χ0n) is 9.61. The van der Waals surface area contributed by atoms with Crippen molar-refractivity contribution < 1.29 is 14.7 Å². The standard InChI is InChI=1S/C11H15N3O3/c1-8(14-6-2-5-12-14)11(17)13(7-10(15)16)9-3-4-9/h2,5-6,8-9H,3-4,7H2,1H3,(H,15,16). The Morgan fingerprint density at radius 2 is 2.29 bits per heavy atom. The number of carbonyl (C=O) groups excluding carboxylic acids is 1. The summed E-state index contributed by atoms with van der Waals surface area (Å²) >= 11 is 0. The molecule has 92 valence electrons. The lowest BCUT2D eigenvalue weighted by atomic mass is 10.2. The normalized spacial score (nSPS) is 16.5. The Hall–Kier alpha value is -1.85. The maximum Gasteiger partial charge on any atom is 0.323 e. The Bertz CT molecular complexity index is 412. The molecule has 6 nitrogen and oxygen atoms in total. The van der Waals surface area contributed by atoms with Gasteiger partial charge in [0.2, 0.25) is 5.91 Å². The summed E-state index contributed by atoms with van der Waals surface area (Å²) in [5, 5.41) is 12.8. The first-order valence-corrected chi connectivity index (χ1v) is 5.61. The maximum absolute atomic E-state index is 12.2. The largest absolute Gasteiger partial charge is 0.480 e. The molecular formula is C11H15N3O3. The second kappa shape index (κ2) is 4.57. The SMILES string of the molecule is CC(C(=O)N(CC(=O)O)C1CC1)n1cccn1. The van der Waals surface area contributed by atoms with Gasteiger partial charge in [-0.2, -0.15) is 5.10 Å². The van der Waals surface area contributed by atoms with E-state index in [1.165, 1.54) is 4.90 Å². The molecule has 1 aromatic heterocycles. The van der Waals surface area contributed by atoms with E-state index in [1.54, 1.807) is 30.1 Å². The fourth-order valence-electron chi connectivity index (χ4n) is 1.78. The molecule has 1 N–H and O–H groups in total. The zero-order valence-corrected chi connectivity index (χ0v) is 9.61. The summed E-state index contributed by atoms with van der Waals surface area (Å²) < 4.78 is 1.54. The first-order valence-electron chi connectivity index (χ1n) is 5.61. The van der Waals surface area contributed by atoms with Crippen LogP contribution in [-0.2, 0) is 9.59 Å².